The van der Waals surface area contributed by atoms with Crippen molar-refractivity contribution in [1.29, 1.82) is 0 Å². The Hall–Kier alpha value is -0.920. The van der Waals surface area contributed by atoms with Crippen LogP contribution in [0.2, 0.25) is 0 Å². The number of oxazole rings is 1. The second kappa shape index (κ2) is 7.62. The Morgan fingerprint density at radius 3 is 2.58 bits per heavy atom. The first-order valence-corrected chi connectivity index (χ1v) is 8.21. The van der Waals surface area contributed by atoms with E-state index >= 15 is 0 Å². The third kappa shape index (κ3) is 6.17. The molecule has 0 fully saturated rings. The maximum absolute atomic E-state index is 11.7. The van der Waals surface area contributed by atoms with E-state index in [4.69, 9.17) is 4.42 Å². The molecule has 1 rings (SSSR count). The van der Waals surface area contributed by atoms with Crippen LogP contribution in [0.5, 0.6) is 0 Å². The first-order chi connectivity index (χ1) is 8.94. The highest BCUT2D eigenvalue weighted by Gasteiger charge is 2.12. The lowest BCUT2D eigenvalue weighted by Crippen LogP contribution is -2.28. The van der Waals surface area contributed by atoms with E-state index in [1.807, 2.05) is 6.92 Å². The quantitative estimate of drug-likeness (QED) is 0.665. The third-order valence-corrected chi connectivity index (χ3v) is 4.12. The molecule has 19 heavy (non-hydrogen) atoms. The van der Waals surface area contributed by atoms with Crippen LogP contribution in [-0.2, 0) is 16.6 Å². The van der Waals surface area contributed by atoms with E-state index in [1.165, 1.54) is 0 Å². The number of hydrogen-bond acceptors (Lipinski definition) is 5. The molecular weight excluding hydrogens is 266 g/mol. The van der Waals surface area contributed by atoms with E-state index < -0.39 is 10.0 Å². The molecule has 0 bridgehead atoms. The molecule has 0 atom stereocenters. The van der Waals surface area contributed by atoms with E-state index in [9.17, 15) is 8.42 Å². The largest absolute Gasteiger partial charge is 0.444 e. The molecule has 7 heteroatoms. The molecule has 1 aromatic heterocycles. The molecule has 0 aromatic carbocycles. The van der Waals surface area contributed by atoms with Crippen molar-refractivity contribution >= 4 is 10.0 Å². The van der Waals surface area contributed by atoms with Gasteiger partial charge in [0.1, 0.15) is 5.76 Å². The van der Waals surface area contributed by atoms with Crippen LogP contribution >= 0.6 is 0 Å². The van der Waals surface area contributed by atoms with Crippen molar-refractivity contribution in [3.63, 3.8) is 0 Å². The standard InChI is InChI=1S/C12H23N3O3S/c1-4-6-13-7-5-8-19(16,17)14-9-12-15-10(2)11(3)18-12/h13-14H,4-9H2,1-3H3. The van der Waals surface area contributed by atoms with Crippen molar-refractivity contribution in [3.8, 4) is 0 Å². The smallest absolute Gasteiger partial charge is 0.212 e. The summed E-state index contributed by atoms with van der Waals surface area (Å²) in [5.74, 6) is 1.24. The summed E-state index contributed by atoms with van der Waals surface area (Å²) >= 11 is 0. The minimum atomic E-state index is -3.26. The van der Waals surface area contributed by atoms with Gasteiger partial charge in [-0.1, -0.05) is 6.92 Å². The van der Waals surface area contributed by atoms with Crippen LogP contribution in [0.15, 0.2) is 4.42 Å². The molecule has 0 saturated carbocycles. The summed E-state index contributed by atoms with van der Waals surface area (Å²) in [4.78, 5) is 4.13. The molecular formula is C12H23N3O3S. The molecule has 0 aliphatic rings. The fourth-order valence-corrected chi connectivity index (χ4v) is 2.56. The van der Waals surface area contributed by atoms with E-state index in [0.717, 1.165) is 24.4 Å². The van der Waals surface area contributed by atoms with Crippen molar-refractivity contribution in [2.75, 3.05) is 18.8 Å². The zero-order chi connectivity index (χ0) is 14.3. The third-order valence-electron chi connectivity index (χ3n) is 2.71. The van der Waals surface area contributed by atoms with Gasteiger partial charge in [0.05, 0.1) is 18.0 Å². The van der Waals surface area contributed by atoms with Gasteiger partial charge in [0, 0.05) is 0 Å². The maximum Gasteiger partial charge on any atom is 0.212 e. The summed E-state index contributed by atoms with van der Waals surface area (Å²) in [6.45, 7) is 7.45. The average Bonchev–Trinajstić information content (AvgIpc) is 2.66. The van der Waals surface area contributed by atoms with Gasteiger partial charge in [0.25, 0.3) is 0 Å². The molecule has 0 aliphatic heterocycles. The Morgan fingerprint density at radius 1 is 1.26 bits per heavy atom. The predicted molar refractivity (Wildman–Crippen MR) is 74.4 cm³/mol. The number of hydrogen-bond donors (Lipinski definition) is 2. The maximum atomic E-state index is 11.7. The highest BCUT2D eigenvalue weighted by atomic mass is 32.2. The van der Waals surface area contributed by atoms with Crippen molar-refractivity contribution in [3.05, 3.63) is 17.3 Å². The molecule has 0 saturated heterocycles. The lowest BCUT2D eigenvalue weighted by molar-refractivity contribution is 0.462. The molecule has 2 N–H and O–H groups in total. The molecule has 0 unspecified atom stereocenters. The van der Waals surface area contributed by atoms with Gasteiger partial charge in [0.2, 0.25) is 15.9 Å². The van der Waals surface area contributed by atoms with Crippen LogP contribution < -0.4 is 10.0 Å². The Balaban J connectivity index is 2.30. The van der Waals surface area contributed by atoms with E-state index in [2.05, 4.69) is 21.9 Å². The molecule has 110 valence electrons. The van der Waals surface area contributed by atoms with E-state index in [-0.39, 0.29) is 12.3 Å². The predicted octanol–water partition coefficient (Wildman–Crippen LogP) is 1.10. The number of aromatic nitrogens is 1. The van der Waals surface area contributed by atoms with Crippen molar-refractivity contribution in [1.82, 2.24) is 15.0 Å². The molecule has 1 aromatic rings. The van der Waals surface area contributed by atoms with Gasteiger partial charge in [-0.25, -0.2) is 18.1 Å². The zero-order valence-electron chi connectivity index (χ0n) is 11.8. The van der Waals surface area contributed by atoms with Crippen LogP contribution in [0.25, 0.3) is 0 Å². The number of nitrogens with zero attached hydrogens (tertiary/aromatic N) is 1. The number of sulfonamides is 1. The van der Waals surface area contributed by atoms with Gasteiger partial charge in [-0.05, 0) is 39.8 Å². The van der Waals surface area contributed by atoms with Crippen LogP contribution in [-0.4, -0.2) is 32.2 Å². The van der Waals surface area contributed by atoms with Gasteiger partial charge < -0.3 is 9.73 Å². The summed E-state index contributed by atoms with van der Waals surface area (Å²) in [5.41, 5.74) is 0.790. The summed E-state index contributed by atoms with van der Waals surface area (Å²) in [5, 5.41) is 3.17. The average molecular weight is 289 g/mol. The van der Waals surface area contributed by atoms with Crippen molar-refractivity contribution < 1.29 is 12.8 Å². The monoisotopic (exact) mass is 289 g/mol. The molecule has 0 radical (unpaired) electrons. The summed E-state index contributed by atoms with van der Waals surface area (Å²) in [6, 6.07) is 0. The highest BCUT2D eigenvalue weighted by Crippen LogP contribution is 2.08. The Bertz CT molecular complexity index is 463. The number of rotatable bonds is 9. The van der Waals surface area contributed by atoms with Crippen LogP contribution in [0.1, 0.15) is 37.1 Å². The zero-order valence-corrected chi connectivity index (χ0v) is 12.6. The number of nitrogens with one attached hydrogen (secondary N) is 2. The molecule has 1 heterocycles. The Labute approximate surface area is 115 Å². The van der Waals surface area contributed by atoms with Gasteiger partial charge in [-0.15, -0.1) is 0 Å². The Morgan fingerprint density at radius 2 is 2.00 bits per heavy atom. The summed E-state index contributed by atoms with van der Waals surface area (Å²) in [7, 11) is -3.26. The van der Waals surface area contributed by atoms with Crippen LogP contribution in [0.4, 0.5) is 0 Å². The highest BCUT2D eigenvalue weighted by molar-refractivity contribution is 7.89. The van der Waals surface area contributed by atoms with Gasteiger partial charge in [-0.2, -0.15) is 0 Å². The molecule has 0 amide bonds. The first kappa shape index (κ1) is 16.1. The topological polar surface area (TPSA) is 84.2 Å². The minimum Gasteiger partial charge on any atom is -0.444 e. The second-order valence-electron chi connectivity index (χ2n) is 4.49. The lowest BCUT2D eigenvalue weighted by Gasteiger charge is -2.05. The van der Waals surface area contributed by atoms with Crippen LogP contribution in [0.3, 0.4) is 0 Å². The second-order valence-corrected chi connectivity index (χ2v) is 6.42. The normalized spacial score (nSPS) is 11.9. The Kier molecular flexibility index (Phi) is 6.47. The lowest BCUT2D eigenvalue weighted by atomic mass is 10.4. The van der Waals surface area contributed by atoms with Gasteiger partial charge in [-0.3, -0.25) is 0 Å². The van der Waals surface area contributed by atoms with E-state index in [1.54, 1.807) is 6.92 Å². The fourth-order valence-electron chi connectivity index (χ4n) is 1.55. The van der Waals surface area contributed by atoms with Crippen molar-refractivity contribution in [2.45, 2.75) is 40.2 Å². The first-order valence-electron chi connectivity index (χ1n) is 6.55. The summed E-state index contributed by atoms with van der Waals surface area (Å²) in [6.07, 6.45) is 1.65. The van der Waals surface area contributed by atoms with Crippen LogP contribution in [0, 0.1) is 13.8 Å². The van der Waals surface area contributed by atoms with Gasteiger partial charge >= 0.3 is 0 Å². The molecule has 6 nitrogen and oxygen atoms in total. The SMILES string of the molecule is CCCNCCCS(=O)(=O)NCc1nc(C)c(C)o1. The fraction of sp³-hybridized carbons (Fsp3) is 0.750. The molecule has 0 aliphatic carbocycles. The minimum absolute atomic E-state index is 0.111. The number of aryl methyl sites for hydroxylation is 2. The molecule has 0 spiro atoms. The van der Waals surface area contributed by atoms with Gasteiger partial charge in [0.15, 0.2) is 0 Å². The van der Waals surface area contributed by atoms with E-state index in [0.29, 0.717) is 18.9 Å². The van der Waals surface area contributed by atoms with Crippen molar-refractivity contribution in [2.24, 2.45) is 0 Å². The summed E-state index contributed by atoms with van der Waals surface area (Å²) < 4.78 is 31.3.